The van der Waals surface area contributed by atoms with Gasteiger partial charge in [0.15, 0.2) is 0 Å². The predicted octanol–water partition coefficient (Wildman–Crippen LogP) is 8.86. The standard InChI is InChI=1S/C35H42O3S/c1-4-34(2,3)33(36)37-32-24-35(22-25-15-20-31(32)26(21-25)23-35)38-27-16-18-30(19-17-27)39(28-11-7-5-8-12-28)29-13-9-6-10-14-29/h5-14,16-19,25-26,31-32,39H,4,15,20-24H2,1-3H3. The van der Waals surface area contributed by atoms with Crippen molar-refractivity contribution in [1.82, 2.24) is 0 Å². The minimum Gasteiger partial charge on any atom is -0.487 e. The van der Waals surface area contributed by atoms with E-state index in [-0.39, 0.29) is 17.7 Å². The van der Waals surface area contributed by atoms with Crippen LogP contribution >= 0.6 is 10.9 Å². The van der Waals surface area contributed by atoms with Crippen molar-refractivity contribution in [3.8, 4) is 5.75 Å². The first kappa shape index (κ1) is 26.5. The number of hydrogen-bond acceptors (Lipinski definition) is 3. The lowest BCUT2D eigenvalue weighted by molar-refractivity contribution is -0.186. The number of fused-ring (bicyclic) bond motifs is 2. The second-order valence-electron chi connectivity index (χ2n) is 12.7. The molecule has 4 heteroatoms. The van der Waals surface area contributed by atoms with Crippen molar-refractivity contribution in [3.63, 3.8) is 0 Å². The van der Waals surface area contributed by atoms with Gasteiger partial charge in [0, 0.05) is 6.42 Å². The lowest BCUT2D eigenvalue weighted by Crippen LogP contribution is -2.58. The van der Waals surface area contributed by atoms with Crippen LogP contribution in [0, 0.1) is 23.2 Å². The fourth-order valence-electron chi connectivity index (χ4n) is 7.28. The van der Waals surface area contributed by atoms with Gasteiger partial charge in [0.05, 0.1) is 5.41 Å². The molecule has 3 aliphatic rings. The van der Waals surface area contributed by atoms with E-state index in [4.69, 9.17) is 9.47 Å². The molecule has 6 rings (SSSR count). The van der Waals surface area contributed by atoms with Crippen LogP contribution in [0.4, 0.5) is 0 Å². The Morgan fingerprint density at radius 2 is 1.46 bits per heavy atom. The highest BCUT2D eigenvalue weighted by molar-refractivity contribution is 8.17. The van der Waals surface area contributed by atoms with Crippen LogP contribution in [0.1, 0.15) is 65.7 Å². The van der Waals surface area contributed by atoms with Crippen LogP contribution in [-0.4, -0.2) is 17.7 Å². The van der Waals surface area contributed by atoms with Crippen molar-refractivity contribution in [1.29, 1.82) is 0 Å². The predicted molar refractivity (Wildman–Crippen MR) is 159 cm³/mol. The molecule has 0 radical (unpaired) electrons. The fourth-order valence-corrected chi connectivity index (χ4v) is 9.56. The summed E-state index contributed by atoms with van der Waals surface area (Å²) >= 11 is 0. The summed E-state index contributed by atoms with van der Waals surface area (Å²) in [7, 11) is -0.638. The van der Waals surface area contributed by atoms with E-state index in [1.165, 1.54) is 33.9 Å². The van der Waals surface area contributed by atoms with E-state index >= 15 is 0 Å². The lowest BCUT2D eigenvalue weighted by atomic mass is 9.54. The topological polar surface area (TPSA) is 35.5 Å². The second kappa shape index (κ2) is 10.7. The summed E-state index contributed by atoms with van der Waals surface area (Å²) in [5, 5.41) is 0. The molecular weight excluding hydrogens is 500 g/mol. The summed E-state index contributed by atoms with van der Waals surface area (Å²) in [6.45, 7) is 6.07. The molecule has 5 unspecified atom stereocenters. The van der Waals surface area contributed by atoms with Crippen LogP contribution in [0.5, 0.6) is 5.75 Å². The van der Waals surface area contributed by atoms with E-state index in [0.29, 0.717) is 11.8 Å². The Morgan fingerprint density at radius 1 is 0.846 bits per heavy atom. The molecule has 39 heavy (non-hydrogen) atoms. The Kier molecular flexibility index (Phi) is 7.26. The SMILES string of the molecule is CCC(C)(C)C(=O)OC1CC2(Oc3ccc([SH](c4ccccc4)c4ccccc4)cc3)CC3CCC1C(C3)C2. The molecule has 206 valence electrons. The van der Waals surface area contributed by atoms with Crippen molar-refractivity contribution in [2.75, 3.05) is 0 Å². The van der Waals surface area contributed by atoms with Gasteiger partial charge in [-0.1, -0.05) is 43.3 Å². The molecule has 3 bridgehead atoms. The van der Waals surface area contributed by atoms with Gasteiger partial charge >= 0.3 is 5.97 Å². The Balaban J connectivity index is 1.25. The normalized spacial score (nSPS) is 28.0. The molecule has 0 heterocycles. The van der Waals surface area contributed by atoms with Crippen molar-refractivity contribution in [3.05, 3.63) is 84.9 Å². The first-order valence-corrected chi connectivity index (χ1v) is 16.1. The van der Waals surface area contributed by atoms with E-state index in [9.17, 15) is 4.79 Å². The van der Waals surface area contributed by atoms with Crippen LogP contribution in [0.25, 0.3) is 0 Å². The third-order valence-electron chi connectivity index (χ3n) is 9.65. The van der Waals surface area contributed by atoms with E-state index in [1.54, 1.807) is 0 Å². The van der Waals surface area contributed by atoms with E-state index in [0.717, 1.165) is 37.4 Å². The summed E-state index contributed by atoms with van der Waals surface area (Å²) in [6, 6.07) is 30.5. The minimum absolute atomic E-state index is 0.0356. The van der Waals surface area contributed by atoms with Crippen molar-refractivity contribution < 1.29 is 14.3 Å². The number of thiol groups is 1. The van der Waals surface area contributed by atoms with Gasteiger partial charge in [-0.05, 0) is 133 Å². The zero-order valence-electron chi connectivity index (χ0n) is 23.5. The highest BCUT2D eigenvalue weighted by Gasteiger charge is 2.56. The van der Waals surface area contributed by atoms with Crippen LogP contribution in [-0.2, 0) is 9.53 Å². The molecule has 0 N–H and O–H groups in total. The number of rotatable bonds is 8. The van der Waals surface area contributed by atoms with Gasteiger partial charge in [0.1, 0.15) is 17.5 Å². The Labute approximate surface area is 236 Å². The maximum absolute atomic E-state index is 13.1. The fraction of sp³-hybridized carbons (Fsp3) is 0.457. The zero-order valence-corrected chi connectivity index (χ0v) is 24.4. The van der Waals surface area contributed by atoms with Crippen LogP contribution in [0.15, 0.2) is 99.6 Å². The second-order valence-corrected chi connectivity index (χ2v) is 14.9. The van der Waals surface area contributed by atoms with E-state index in [1.807, 2.05) is 13.8 Å². The van der Waals surface area contributed by atoms with Gasteiger partial charge < -0.3 is 9.47 Å². The number of ether oxygens (including phenoxy) is 2. The molecule has 0 spiro atoms. The quantitative estimate of drug-likeness (QED) is 0.228. The van der Waals surface area contributed by atoms with E-state index in [2.05, 4.69) is 91.9 Å². The monoisotopic (exact) mass is 542 g/mol. The molecule has 0 saturated heterocycles. The number of esters is 1. The molecule has 3 aromatic carbocycles. The Hall–Kier alpha value is -2.72. The highest BCUT2D eigenvalue weighted by atomic mass is 32.2. The van der Waals surface area contributed by atoms with Crippen LogP contribution in [0.2, 0.25) is 0 Å². The number of hydrogen-bond donors (Lipinski definition) is 1. The maximum atomic E-state index is 13.1. The van der Waals surface area contributed by atoms with Gasteiger partial charge in [0.25, 0.3) is 0 Å². The summed E-state index contributed by atoms with van der Waals surface area (Å²) < 4.78 is 13.3. The summed E-state index contributed by atoms with van der Waals surface area (Å²) in [5.41, 5.74) is -0.680. The van der Waals surface area contributed by atoms with Crippen molar-refractivity contribution in [2.24, 2.45) is 23.2 Å². The molecule has 3 aromatic rings. The van der Waals surface area contributed by atoms with E-state index < -0.39 is 16.3 Å². The Bertz CT molecular complexity index is 1230. The molecule has 0 aromatic heterocycles. The molecular formula is C35H42O3S. The molecule has 3 aliphatic carbocycles. The van der Waals surface area contributed by atoms with Gasteiger partial charge in [0.2, 0.25) is 0 Å². The van der Waals surface area contributed by atoms with Gasteiger partial charge in [-0.25, -0.2) is 0 Å². The molecule has 3 saturated carbocycles. The summed E-state index contributed by atoms with van der Waals surface area (Å²) in [5.74, 6) is 2.70. The highest BCUT2D eigenvalue weighted by Crippen LogP contribution is 2.57. The lowest BCUT2D eigenvalue weighted by Gasteiger charge is -2.56. The third-order valence-corrected chi connectivity index (χ3v) is 12.1. The Morgan fingerprint density at radius 3 is 2.08 bits per heavy atom. The summed E-state index contributed by atoms with van der Waals surface area (Å²) in [4.78, 5) is 17.1. The zero-order chi connectivity index (χ0) is 27.0. The number of carbonyl (C=O) groups excluding carboxylic acids is 1. The minimum atomic E-state index is -0.638. The summed E-state index contributed by atoms with van der Waals surface area (Å²) in [6.07, 6.45) is 7.41. The van der Waals surface area contributed by atoms with Gasteiger partial charge in [-0.3, -0.25) is 4.79 Å². The van der Waals surface area contributed by atoms with Gasteiger partial charge in [-0.2, -0.15) is 10.9 Å². The van der Waals surface area contributed by atoms with Crippen molar-refractivity contribution in [2.45, 2.75) is 92.1 Å². The first-order chi connectivity index (χ1) is 18.9. The van der Waals surface area contributed by atoms with Crippen LogP contribution < -0.4 is 4.74 Å². The smallest absolute Gasteiger partial charge is 0.311 e. The maximum Gasteiger partial charge on any atom is 0.311 e. The number of benzene rings is 3. The molecule has 5 atom stereocenters. The molecule has 0 amide bonds. The molecule has 0 aliphatic heterocycles. The first-order valence-electron chi connectivity index (χ1n) is 14.8. The number of carbonyl (C=O) groups is 1. The molecule has 3 nitrogen and oxygen atoms in total. The average Bonchev–Trinajstić information content (AvgIpc) is 2.94. The van der Waals surface area contributed by atoms with Crippen molar-refractivity contribution >= 4 is 16.9 Å². The molecule has 3 fully saturated rings. The van der Waals surface area contributed by atoms with Crippen LogP contribution in [0.3, 0.4) is 0 Å². The largest absolute Gasteiger partial charge is 0.487 e. The van der Waals surface area contributed by atoms with Gasteiger partial charge in [-0.15, -0.1) is 0 Å². The average molecular weight is 543 g/mol. The third kappa shape index (κ3) is 5.37.